The molecule has 28 heavy (non-hydrogen) atoms. The van der Waals surface area contributed by atoms with Crippen molar-refractivity contribution in [3.63, 3.8) is 0 Å². The minimum absolute atomic E-state index is 0.0493. The monoisotopic (exact) mass is 423 g/mol. The van der Waals surface area contributed by atoms with Crippen LogP contribution in [0.5, 0.6) is 5.75 Å². The van der Waals surface area contributed by atoms with Gasteiger partial charge < -0.3 is 10.1 Å². The summed E-state index contributed by atoms with van der Waals surface area (Å²) in [6.07, 6.45) is 1.66. The molecule has 0 unspecified atom stereocenters. The Labute approximate surface area is 170 Å². The molecule has 1 amide bonds. The van der Waals surface area contributed by atoms with Crippen LogP contribution in [0.15, 0.2) is 52.5 Å². The SMILES string of the molecule is CCOc1ccc(NC(=O)CSc2ccccn2)cc1S(=O)(=O)N(CC)CC. The van der Waals surface area contributed by atoms with E-state index < -0.39 is 10.0 Å². The van der Waals surface area contributed by atoms with Gasteiger partial charge in [0.2, 0.25) is 15.9 Å². The molecule has 0 atom stereocenters. The van der Waals surface area contributed by atoms with E-state index in [-0.39, 0.29) is 22.3 Å². The summed E-state index contributed by atoms with van der Waals surface area (Å²) in [4.78, 5) is 16.5. The molecule has 0 radical (unpaired) electrons. The minimum atomic E-state index is -3.73. The fraction of sp³-hybridized carbons (Fsp3) is 0.368. The van der Waals surface area contributed by atoms with Crippen LogP contribution in [0, 0.1) is 0 Å². The number of hydrogen-bond acceptors (Lipinski definition) is 6. The topological polar surface area (TPSA) is 88.6 Å². The summed E-state index contributed by atoms with van der Waals surface area (Å²) in [5, 5.41) is 3.49. The van der Waals surface area contributed by atoms with Crippen LogP contribution < -0.4 is 10.1 Å². The zero-order valence-corrected chi connectivity index (χ0v) is 17.8. The lowest BCUT2D eigenvalue weighted by atomic mass is 10.3. The molecule has 0 saturated heterocycles. The Bertz CT molecular complexity index is 885. The summed E-state index contributed by atoms with van der Waals surface area (Å²) in [5.41, 5.74) is 0.404. The molecule has 0 bridgehead atoms. The number of amides is 1. The summed E-state index contributed by atoms with van der Waals surface area (Å²) >= 11 is 1.31. The smallest absolute Gasteiger partial charge is 0.246 e. The predicted octanol–water partition coefficient (Wildman–Crippen LogP) is 3.24. The molecule has 0 fully saturated rings. The number of sulfonamides is 1. The molecule has 1 N–H and O–H groups in total. The lowest BCUT2D eigenvalue weighted by Gasteiger charge is -2.21. The summed E-state index contributed by atoms with van der Waals surface area (Å²) < 4.78 is 32.8. The second-order valence-corrected chi connectivity index (χ2v) is 8.59. The quantitative estimate of drug-likeness (QED) is 0.590. The van der Waals surface area contributed by atoms with E-state index in [2.05, 4.69) is 10.3 Å². The van der Waals surface area contributed by atoms with Crippen LogP contribution in [0.3, 0.4) is 0 Å². The first-order valence-corrected chi connectivity index (χ1v) is 11.5. The fourth-order valence-corrected chi connectivity index (χ4v) is 4.81. The van der Waals surface area contributed by atoms with Crippen molar-refractivity contribution in [3.05, 3.63) is 42.6 Å². The molecule has 2 aromatic rings. The first-order valence-electron chi connectivity index (χ1n) is 9.03. The first kappa shape index (κ1) is 22.2. The normalized spacial score (nSPS) is 11.4. The van der Waals surface area contributed by atoms with Crippen molar-refractivity contribution in [1.82, 2.24) is 9.29 Å². The molecule has 2 rings (SSSR count). The van der Waals surface area contributed by atoms with Gasteiger partial charge in [-0.25, -0.2) is 13.4 Å². The number of rotatable bonds is 10. The molecular formula is C19H25N3O4S2. The maximum absolute atomic E-state index is 13.0. The highest BCUT2D eigenvalue weighted by Gasteiger charge is 2.26. The number of anilines is 1. The van der Waals surface area contributed by atoms with Crippen molar-refractivity contribution in [3.8, 4) is 5.75 Å². The summed E-state index contributed by atoms with van der Waals surface area (Å²) in [6.45, 7) is 6.39. The van der Waals surface area contributed by atoms with Gasteiger partial charge in [-0.1, -0.05) is 31.7 Å². The largest absolute Gasteiger partial charge is 0.492 e. The molecule has 0 spiro atoms. The number of benzene rings is 1. The molecule has 0 aliphatic heterocycles. The minimum Gasteiger partial charge on any atom is -0.492 e. The standard InChI is InChI=1S/C19H25N3O4S2/c1-4-22(5-2)28(24,25)17-13-15(10-11-16(17)26-6-3)21-18(23)14-27-19-9-7-8-12-20-19/h7-13H,4-6,14H2,1-3H3,(H,21,23). The molecule has 0 aliphatic rings. The zero-order valence-electron chi connectivity index (χ0n) is 16.2. The highest BCUT2D eigenvalue weighted by Crippen LogP contribution is 2.30. The highest BCUT2D eigenvalue weighted by atomic mass is 32.2. The van der Waals surface area contributed by atoms with Gasteiger partial charge in [0, 0.05) is 25.0 Å². The summed E-state index contributed by atoms with van der Waals surface area (Å²) in [6, 6.07) is 10.1. The molecule has 9 heteroatoms. The Kier molecular flexibility index (Phi) is 8.28. The van der Waals surface area contributed by atoms with Gasteiger partial charge in [-0.2, -0.15) is 4.31 Å². The second kappa shape index (κ2) is 10.4. The van der Waals surface area contributed by atoms with Gasteiger partial charge in [0.1, 0.15) is 10.6 Å². The number of thioether (sulfide) groups is 1. The van der Waals surface area contributed by atoms with Crippen LogP contribution in [0.4, 0.5) is 5.69 Å². The van der Waals surface area contributed by atoms with Gasteiger partial charge in [0.25, 0.3) is 0 Å². The van der Waals surface area contributed by atoms with E-state index in [0.29, 0.717) is 25.4 Å². The van der Waals surface area contributed by atoms with E-state index in [1.54, 1.807) is 39.1 Å². The van der Waals surface area contributed by atoms with Crippen molar-refractivity contribution in [2.45, 2.75) is 30.7 Å². The van der Waals surface area contributed by atoms with Crippen LogP contribution >= 0.6 is 11.8 Å². The predicted molar refractivity (Wildman–Crippen MR) is 111 cm³/mol. The summed E-state index contributed by atoms with van der Waals surface area (Å²) in [7, 11) is -3.73. The second-order valence-electron chi connectivity index (χ2n) is 5.69. The number of hydrogen-bond donors (Lipinski definition) is 1. The van der Waals surface area contributed by atoms with E-state index in [1.165, 1.54) is 22.1 Å². The number of carbonyl (C=O) groups excluding carboxylic acids is 1. The molecule has 1 aromatic carbocycles. The molecule has 0 aliphatic carbocycles. The number of nitrogens with one attached hydrogen (secondary N) is 1. The lowest BCUT2D eigenvalue weighted by molar-refractivity contribution is -0.113. The van der Waals surface area contributed by atoms with Gasteiger partial charge >= 0.3 is 0 Å². The van der Waals surface area contributed by atoms with Crippen LogP contribution in [0.2, 0.25) is 0 Å². The Morgan fingerprint density at radius 3 is 2.54 bits per heavy atom. The zero-order chi connectivity index (χ0) is 20.6. The maximum Gasteiger partial charge on any atom is 0.246 e. The Hall–Kier alpha value is -2.10. The van der Waals surface area contributed by atoms with Crippen molar-refractivity contribution >= 4 is 33.4 Å². The van der Waals surface area contributed by atoms with Crippen molar-refractivity contribution in [1.29, 1.82) is 0 Å². The average Bonchev–Trinajstić information content (AvgIpc) is 2.69. The molecule has 0 saturated carbocycles. The third-order valence-corrected chi connectivity index (χ3v) is 6.85. The molecule has 1 aromatic heterocycles. The summed E-state index contributed by atoms with van der Waals surface area (Å²) in [5.74, 6) is 0.198. The van der Waals surface area contributed by atoms with Crippen LogP contribution in [0.25, 0.3) is 0 Å². The van der Waals surface area contributed by atoms with E-state index in [1.807, 2.05) is 18.2 Å². The third kappa shape index (κ3) is 5.70. The van der Waals surface area contributed by atoms with Crippen molar-refractivity contribution in [2.75, 3.05) is 30.8 Å². The van der Waals surface area contributed by atoms with Crippen LogP contribution in [-0.4, -0.2) is 49.1 Å². The van der Waals surface area contributed by atoms with Crippen LogP contribution in [-0.2, 0) is 14.8 Å². The van der Waals surface area contributed by atoms with Gasteiger partial charge in [0.15, 0.2) is 0 Å². The van der Waals surface area contributed by atoms with E-state index in [9.17, 15) is 13.2 Å². The lowest BCUT2D eigenvalue weighted by Crippen LogP contribution is -2.31. The van der Waals surface area contributed by atoms with Gasteiger partial charge in [-0.15, -0.1) is 0 Å². The first-order chi connectivity index (χ1) is 13.4. The van der Waals surface area contributed by atoms with E-state index >= 15 is 0 Å². The number of nitrogens with zero attached hydrogens (tertiary/aromatic N) is 2. The maximum atomic E-state index is 13.0. The Morgan fingerprint density at radius 2 is 1.93 bits per heavy atom. The van der Waals surface area contributed by atoms with Crippen molar-refractivity contribution in [2.24, 2.45) is 0 Å². The van der Waals surface area contributed by atoms with Gasteiger partial charge in [-0.3, -0.25) is 4.79 Å². The van der Waals surface area contributed by atoms with Crippen LogP contribution in [0.1, 0.15) is 20.8 Å². The van der Waals surface area contributed by atoms with Gasteiger partial charge in [0.05, 0.1) is 17.4 Å². The number of pyridine rings is 1. The molecular weight excluding hydrogens is 398 g/mol. The Morgan fingerprint density at radius 1 is 1.18 bits per heavy atom. The number of carbonyl (C=O) groups is 1. The highest BCUT2D eigenvalue weighted by molar-refractivity contribution is 7.99. The molecule has 152 valence electrons. The average molecular weight is 424 g/mol. The Balaban J connectivity index is 2.20. The fourth-order valence-electron chi connectivity index (χ4n) is 2.53. The molecule has 7 nitrogen and oxygen atoms in total. The number of aromatic nitrogens is 1. The van der Waals surface area contributed by atoms with Crippen molar-refractivity contribution < 1.29 is 17.9 Å². The van der Waals surface area contributed by atoms with Gasteiger partial charge in [-0.05, 0) is 37.3 Å². The number of ether oxygens (including phenoxy) is 1. The van der Waals surface area contributed by atoms with E-state index in [0.717, 1.165) is 5.03 Å². The molecule has 1 heterocycles. The van der Waals surface area contributed by atoms with E-state index in [4.69, 9.17) is 4.74 Å². The third-order valence-electron chi connectivity index (χ3n) is 3.84.